The van der Waals surface area contributed by atoms with Gasteiger partial charge in [0, 0.05) is 6.20 Å². The van der Waals surface area contributed by atoms with E-state index in [9.17, 15) is 13.2 Å². The van der Waals surface area contributed by atoms with Gasteiger partial charge >= 0.3 is 5.69 Å². The van der Waals surface area contributed by atoms with Crippen LogP contribution in [0.1, 0.15) is 10.9 Å². The molecule has 26 heavy (non-hydrogen) atoms. The van der Waals surface area contributed by atoms with Crippen LogP contribution in [0.3, 0.4) is 0 Å². The zero-order chi connectivity index (χ0) is 19.3. The van der Waals surface area contributed by atoms with Crippen molar-refractivity contribution in [1.29, 1.82) is 0 Å². The predicted octanol–water partition coefficient (Wildman–Crippen LogP) is 0.648. The molecule has 0 spiro atoms. The number of aliphatic hydroxyl groups is 1. The van der Waals surface area contributed by atoms with Gasteiger partial charge in [0.05, 0.1) is 18.1 Å². The lowest BCUT2D eigenvalue weighted by molar-refractivity contribution is 0.0803. The van der Waals surface area contributed by atoms with Crippen molar-refractivity contribution in [3.05, 3.63) is 52.6 Å². The summed E-state index contributed by atoms with van der Waals surface area (Å²) < 4.78 is 36.3. The zero-order valence-corrected chi connectivity index (χ0v) is 15.5. The summed E-state index contributed by atoms with van der Waals surface area (Å²) in [5.74, 6) is 0.207. The second-order valence-electron chi connectivity index (χ2n) is 5.37. The van der Waals surface area contributed by atoms with Gasteiger partial charge in [-0.3, -0.25) is 9.12 Å². The summed E-state index contributed by atoms with van der Waals surface area (Å²) in [7, 11) is -4.02. The van der Waals surface area contributed by atoms with Gasteiger partial charge in [-0.2, -0.15) is 13.4 Å². The van der Waals surface area contributed by atoms with Crippen LogP contribution in [0.25, 0.3) is 0 Å². The minimum Gasteiger partial charge on any atom is -0.393 e. The van der Waals surface area contributed by atoms with Crippen LogP contribution in [0.4, 0.5) is 5.82 Å². The lowest BCUT2D eigenvalue weighted by Gasteiger charge is -2.10. The van der Waals surface area contributed by atoms with E-state index in [-0.39, 0.29) is 28.1 Å². The molecule has 0 amide bonds. The minimum absolute atomic E-state index is 0.0572. The first-order valence-electron chi connectivity index (χ1n) is 7.47. The number of nitrogens with zero attached hydrogens (tertiary/aromatic N) is 2. The van der Waals surface area contributed by atoms with Crippen molar-refractivity contribution in [3.63, 3.8) is 0 Å². The topological polar surface area (TPSA) is 145 Å². The van der Waals surface area contributed by atoms with Gasteiger partial charge in [-0.15, -0.1) is 11.8 Å². The minimum atomic E-state index is -4.02. The Labute approximate surface area is 154 Å². The Morgan fingerprint density at radius 3 is 2.50 bits per heavy atom. The molecule has 1 aromatic carbocycles. The number of thioether (sulfide) groups is 1. The third-order valence-electron chi connectivity index (χ3n) is 3.36. The monoisotopic (exact) mass is 401 g/mol. The van der Waals surface area contributed by atoms with Crippen molar-refractivity contribution in [2.75, 3.05) is 18.9 Å². The number of aliphatic hydroxyl groups excluding tert-OH is 1. The van der Waals surface area contributed by atoms with Gasteiger partial charge in [-0.05, 0) is 25.1 Å². The molecule has 2 aromatic rings. The summed E-state index contributed by atoms with van der Waals surface area (Å²) in [5.41, 5.74) is 5.67. The van der Waals surface area contributed by atoms with E-state index in [1.807, 2.05) is 6.92 Å². The molecule has 0 unspecified atom stereocenters. The highest BCUT2D eigenvalue weighted by Gasteiger charge is 2.27. The van der Waals surface area contributed by atoms with Gasteiger partial charge in [0.1, 0.15) is 16.6 Å². The number of anilines is 1. The molecule has 1 fully saturated rings. The van der Waals surface area contributed by atoms with E-state index in [2.05, 4.69) is 4.98 Å². The molecule has 11 heteroatoms. The molecule has 3 rings (SSSR count). The Hall–Kier alpha value is -1.92. The van der Waals surface area contributed by atoms with Crippen molar-refractivity contribution in [1.82, 2.24) is 9.55 Å². The van der Waals surface area contributed by atoms with Gasteiger partial charge in [0.25, 0.3) is 10.1 Å². The molecule has 1 aliphatic rings. The molecule has 1 aromatic heterocycles. The number of hydrogen-bond donors (Lipinski definition) is 3. The van der Waals surface area contributed by atoms with Gasteiger partial charge in [-0.1, -0.05) is 17.7 Å². The number of ether oxygens (including phenoxy) is 1. The smallest absolute Gasteiger partial charge is 0.350 e. The Morgan fingerprint density at radius 2 is 2.00 bits per heavy atom. The third kappa shape index (κ3) is 5.54. The molecule has 0 saturated carbocycles. The van der Waals surface area contributed by atoms with Crippen LogP contribution in [0.15, 0.2) is 46.2 Å². The summed E-state index contributed by atoms with van der Waals surface area (Å²) >= 11 is 1.39. The number of nitrogen functional groups attached to an aromatic ring is 1. The van der Waals surface area contributed by atoms with E-state index in [4.69, 9.17) is 20.1 Å². The van der Waals surface area contributed by atoms with Gasteiger partial charge in [0.15, 0.2) is 0 Å². The molecule has 0 bridgehead atoms. The van der Waals surface area contributed by atoms with Crippen LogP contribution >= 0.6 is 11.8 Å². The van der Waals surface area contributed by atoms with E-state index < -0.39 is 15.8 Å². The second-order valence-corrected chi connectivity index (χ2v) is 8.13. The maximum atomic E-state index is 11.5. The maximum absolute atomic E-state index is 11.5. The number of hydrogen-bond acceptors (Lipinski definition) is 8. The second kappa shape index (κ2) is 8.64. The molecule has 142 valence electrons. The zero-order valence-electron chi connectivity index (χ0n) is 13.8. The first-order chi connectivity index (χ1) is 12.2. The van der Waals surface area contributed by atoms with Crippen molar-refractivity contribution in [3.8, 4) is 0 Å². The largest absolute Gasteiger partial charge is 0.393 e. The van der Waals surface area contributed by atoms with Crippen molar-refractivity contribution in [2.24, 2.45) is 0 Å². The van der Waals surface area contributed by atoms with Crippen LogP contribution < -0.4 is 11.4 Å². The van der Waals surface area contributed by atoms with Crippen molar-refractivity contribution in [2.45, 2.75) is 22.6 Å². The molecule has 9 nitrogen and oxygen atoms in total. The summed E-state index contributed by atoms with van der Waals surface area (Å²) in [6.45, 7) is 2.17. The SMILES string of the molecule is Cc1ccc(S(=O)(=O)O)cc1.Nc1ccn([C@H]2CO[C@@H](CO)S2)c(=O)n1. The summed E-state index contributed by atoms with van der Waals surface area (Å²) in [6.07, 6.45) is 1.59. The molecule has 2 heterocycles. The molecular weight excluding hydrogens is 382 g/mol. The molecule has 1 aliphatic heterocycles. The van der Waals surface area contributed by atoms with Gasteiger partial charge in [-0.25, -0.2) is 4.79 Å². The quantitative estimate of drug-likeness (QED) is 0.631. The highest BCUT2D eigenvalue weighted by atomic mass is 32.2. The van der Waals surface area contributed by atoms with E-state index >= 15 is 0 Å². The molecule has 2 atom stereocenters. The predicted molar refractivity (Wildman–Crippen MR) is 97.4 cm³/mol. The Kier molecular flexibility index (Phi) is 6.78. The Morgan fingerprint density at radius 1 is 1.35 bits per heavy atom. The summed E-state index contributed by atoms with van der Waals surface area (Å²) in [5, 5.41) is 8.74. The number of aromatic nitrogens is 2. The lowest BCUT2D eigenvalue weighted by Crippen LogP contribution is -2.26. The fourth-order valence-corrected chi connectivity index (χ4v) is 3.56. The highest BCUT2D eigenvalue weighted by molar-refractivity contribution is 8.00. The van der Waals surface area contributed by atoms with Crippen LogP contribution in [0.5, 0.6) is 0 Å². The average Bonchev–Trinajstić information content (AvgIpc) is 3.04. The number of rotatable bonds is 3. The lowest BCUT2D eigenvalue weighted by atomic mass is 10.2. The Bertz CT molecular complexity index is 898. The number of nitrogens with two attached hydrogens (primary N) is 1. The number of benzene rings is 1. The first kappa shape index (κ1) is 20.4. The maximum Gasteiger partial charge on any atom is 0.350 e. The van der Waals surface area contributed by atoms with E-state index in [0.29, 0.717) is 6.61 Å². The fourth-order valence-electron chi connectivity index (χ4n) is 2.04. The van der Waals surface area contributed by atoms with Gasteiger partial charge < -0.3 is 15.6 Å². The van der Waals surface area contributed by atoms with Crippen LogP contribution in [0, 0.1) is 6.92 Å². The molecule has 0 radical (unpaired) electrons. The average molecular weight is 401 g/mol. The van der Waals surface area contributed by atoms with Crippen LogP contribution in [0.2, 0.25) is 0 Å². The van der Waals surface area contributed by atoms with Crippen molar-refractivity contribution >= 4 is 27.7 Å². The molecular formula is C15H19N3O6S2. The number of aryl methyl sites for hydroxylation is 1. The van der Waals surface area contributed by atoms with Gasteiger partial charge in [0.2, 0.25) is 0 Å². The molecule has 1 saturated heterocycles. The van der Waals surface area contributed by atoms with E-state index in [0.717, 1.165) is 5.56 Å². The standard InChI is InChI=1S/C8H11N3O3S.C7H8O3S/c9-5-1-2-11(8(13)10-5)6-4-14-7(3-12)15-6;1-6-2-4-7(5-3-6)11(8,9)10/h1-2,6-7,12H,3-4H2,(H2,9,10,13);2-5H,1H3,(H,8,9,10)/t6-,7-;/m1./s1. The first-order valence-corrected chi connectivity index (χ1v) is 9.85. The normalized spacial score (nSPS) is 19.7. The van der Waals surface area contributed by atoms with Crippen LogP contribution in [-0.4, -0.2) is 46.3 Å². The molecule has 4 N–H and O–H groups in total. The Balaban J connectivity index is 0.000000197. The molecule has 0 aliphatic carbocycles. The van der Waals surface area contributed by atoms with E-state index in [1.165, 1.54) is 28.5 Å². The fraction of sp³-hybridized carbons (Fsp3) is 0.333. The third-order valence-corrected chi connectivity index (χ3v) is 5.50. The van der Waals surface area contributed by atoms with Crippen molar-refractivity contribution < 1.29 is 22.8 Å². The summed E-state index contributed by atoms with van der Waals surface area (Å²) in [4.78, 5) is 15.0. The van der Waals surface area contributed by atoms with E-state index in [1.54, 1.807) is 24.4 Å². The van der Waals surface area contributed by atoms with Crippen LogP contribution in [-0.2, 0) is 14.9 Å². The summed E-state index contributed by atoms with van der Waals surface area (Å²) in [6, 6.07) is 7.55. The highest BCUT2D eigenvalue weighted by Crippen LogP contribution is 2.34.